The molecule has 0 saturated heterocycles. The van der Waals surface area contributed by atoms with E-state index in [4.69, 9.17) is 0 Å². The molecular weight excluding hydrogens is 374 g/mol. The Labute approximate surface area is 171 Å². The van der Waals surface area contributed by atoms with Gasteiger partial charge in [-0.3, -0.25) is 14.4 Å². The van der Waals surface area contributed by atoms with Gasteiger partial charge in [-0.15, -0.1) is 0 Å². The van der Waals surface area contributed by atoms with E-state index >= 15 is 0 Å². The number of amides is 1. The lowest BCUT2D eigenvalue weighted by molar-refractivity contribution is -0.149. The molecule has 0 radical (unpaired) electrons. The minimum absolute atomic E-state index is 0.111. The molecule has 2 N–H and O–H groups in total. The summed E-state index contributed by atoms with van der Waals surface area (Å²) in [5.74, 6) is 0.387. The summed E-state index contributed by atoms with van der Waals surface area (Å²) in [5, 5.41) is 11.8. The van der Waals surface area contributed by atoms with Crippen molar-refractivity contribution in [3.05, 3.63) is 0 Å². The zero-order valence-electron chi connectivity index (χ0n) is 17.7. The molecule has 1 amide bonds. The average Bonchev–Trinajstić information content (AvgIpc) is 3.01. The molecule has 29 heavy (non-hydrogen) atoms. The summed E-state index contributed by atoms with van der Waals surface area (Å²) >= 11 is 0. The molecule has 6 atom stereocenters. The van der Waals surface area contributed by atoms with Crippen LogP contribution in [-0.4, -0.2) is 48.3 Å². The highest BCUT2D eigenvalue weighted by molar-refractivity contribution is 5.89. The predicted molar refractivity (Wildman–Crippen MR) is 105 cm³/mol. The van der Waals surface area contributed by atoms with Gasteiger partial charge in [0.25, 0.3) is 0 Å². The van der Waals surface area contributed by atoms with Crippen molar-refractivity contribution in [1.82, 2.24) is 5.32 Å². The van der Waals surface area contributed by atoms with E-state index in [1.165, 1.54) is 7.11 Å². The van der Waals surface area contributed by atoms with Crippen LogP contribution in [-0.2, 0) is 23.9 Å². The minimum atomic E-state index is -1.09. The van der Waals surface area contributed by atoms with Crippen molar-refractivity contribution in [2.24, 2.45) is 28.6 Å². The lowest BCUT2D eigenvalue weighted by Gasteiger charge is -2.54. The summed E-state index contributed by atoms with van der Waals surface area (Å²) in [6.07, 6.45) is 5.09. The number of ether oxygens (including phenoxy) is 1. The van der Waals surface area contributed by atoms with Crippen molar-refractivity contribution < 1.29 is 29.0 Å². The summed E-state index contributed by atoms with van der Waals surface area (Å²) in [5.41, 5.74) is -0.831. The van der Waals surface area contributed by atoms with Gasteiger partial charge in [0.15, 0.2) is 6.04 Å². The number of nitrogens with one attached hydrogen (secondary N) is 1. The Morgan fingerprint density at radius 3 is 2.48 bits per heavy atom. The molecule has 0 aromatic carbocycles. The van der Waals surface area contributed by atoms with Gasteiger partial charge >= 0.3 is 5.97 Å². The first kappa shape index (κ1) is 21.9. The first-order valence-electron chi connectivity index (χ1n) is 10.7. The summed E-state index contributed by atoms with van der Waals surface area (Å²) in [7, 11) is 1.20. The Balaban J connectivity index is 1.69. The van der Waals surface area contributed by atoms with Gasteiger partial charge in [-0.1, -0.05) is 13.8 Å². The number of aliphatic hydroxyl groups excluding tert-OH is 1. The molecule has 0 heterocycles. The number of methoxy groups -OCH3 is 1. The number of carbonyl (C=O) groups excluding carboxylic acids is 4. The lowest BCUT2D eigenvalue weighted by Crippen LogP contribution is -2.52. The van der Waals surface area contributed by atoms with Crippen LogP contribution in [0.25, 0.3) is 0 Å². The molecule has 0 aromatic rings. The van der Waals surface area contributed by atoms with Crippen LogP contribution in [0.1, 0.15) is 65.2 Å². The monoisotopic (exact) mass is 407 g/mol. The predicted octanol–water partition coefficient (Wildman–Crippen LogP) is 1.80. The standard InChI is InChI=1S/C22H33NO6/c1-21-10-8-15-13(14(21)5-7-18(21)26)4-6-17(25)22(15,2)11-9-19(27)23-16(12-24)20(28)29-3/h13-16,24H,4-12H2,1-3H3,(H,23,27). The summed E-state index contributed by atoms with van der Waals surface area (Å²) < 4.78 is 4.57. The fraction of sp³-hybridized carbons (Fsp3) is 0.818. The molecule has 3 fully saturated rings. The Kier molecular flexibility index (Phi) is 6.18. The number of hydrogen-bond donors (Lipinski definition) is 2. The molecule has 3 saturated carbocycles. The molecule has 0 spiro atoms. The number of fused-ring (bicyclic) bond motifs is 3. The van der Waals surface area contributed by atoms with Crippen LogP contribution in [0.3, 0.4) is 0 Å². The van der Waals surface area contributed by atoms with Gasteiger partial charge in [0.2, 0.25) is 5.91 Å². The second kappa shape index (κ2) is 8.17. The fourth-order valence-corrected chi connectivity index (χ4v) is 6.33. The van der Waals surface area contributed by atoms with Crippen LogP contribution < -0.4 is 5.32 Å². The second-order valence-electron chi connectivity index (χ2n) is 9.50. The smallest absolute Gasteiger partial charge is 0.330 e. The highest BCUT2D eigenvalue weighted by Gasteiger charge is 2.59. The van der Waals surface area contributed by atoms with E-state index in [1.807, 2.05) is 6.92 Å². The van der Waals surface area contributed by atoms with Gasteiger partial charge in [0.1, 0.15) is 11.6 Å². The SMILES string of the molecule is COC(=O)C(CO)NC(=O)CCC1(C)C(=O)CCC2C1CCC1(C)C(=O)CCC21. The summed E-state index contributed by atoms with van der Waals surface area (Å²) in [6, 6.07) is -1.09. The third-order valence-corrected chi connectivity index (χ3v) is 8.18. The van der Waals surface area contributed by atoms with E-state index in [0.717, 1.165) is 25.7 Å². The number of Topliss-reactive ketones (excluding diaryl/α,β-unsaturated/α-hetero) is 2. The van der Waals surface area contributed by atoms with Crippen LogP contribution in [0.5, 0.6) is 0 Å². The highest BCUT2D eigenvalue weighted by Crippen LogP contribution is 2.61. The molecule has 0 aromatic heterocycles. The second-order valence-corrected chi connectivity index (χ2v) is 9.50. The van der Waals surface area contributed by atoms with E-state index in [1.54, 1.807) is 0 Å². The molecular formula is C22H33NO6. The van der Waals surface area contributed by atoms with Crippen molar-refractivity contribution in [2.75, 3.05) is 13.7 Å². The average molecular weight is 408 g/mol. The zero-order valence-corrected chi connectivity index (χ0v) is 17.7. The quantitative estimate of drug-likeness (QED) is 0.650. The number of carbonyl (C=O) groups is 4. The zero-order chi connectivity index (χ0) is 21.4. The van der Waals surface area contributed by atoms with Gasteiger partial charge < -0.3 is 15.2 Å². The third kappa shape index (κ3) is 3.74. The first-order valence-corrected chi connectivity index (χ1v) is 10.7. The van der Waals surface area contributed by atoms with E-state index < -0.39 is 24.0 Å². The van der Waals surface area contributed by atoms with Gasteiger partial charge in [0.05, 0.1) is 13.7 Å². The maximum Gasteiger partial charge on any atom is 0.330 e. The van der Waals surface area contributed by atoms with Gasteiger partial charge in [-0.25, -0.2) is 4.79 Å². The van der Waals surface area contributed by atoms with Crippen molar-refractivity contribution in [1.29, 1.82) is 0 Å². The maximum absolute atomic E-state index is 12.9. The molecule has 0 bridgehead atoms. The largest absolute Gasteiger partial charge is 0.467 e. The Bertz CT molecular complexity index is 705. The van der Waals surface area contributed by atoms with Crippen molar-refractivity contribution in [2.45, 2.75) is 71.3 Å². The van der Waals surface area contributed by atoms with E-state index in [-0.39, 0.29) is 29.4 Å². The third-order valence-electron chi connectivity index (χ3n) is 8.18. The van der Waals surface area contributed by atoms with Crippen LogP contribution in [0, 0.1) is 28.6 Å². The summed E-state index contributed by atoms with van der Waals surface area (Å²) in [4.78, 5) is 49.4. The topological polar surface area (TPSA) is 110 Å². The molecule has 7 nitrogen and oxygen atoms in total. The summed E-state index contributed by atoms with van der Waals surface area (Å²) in [6.45, 7) is 3.54. The normalized spacial score (nSPS) is 37.4. The first-order chi connectivity index (χ1) is 13.7. The van der Waals surface area contributed by atoms with Gasteiger partial charge in [-0.2, -0.15) is 0 Å². The van der Waals surface area contributed by atoms with E-state index in [9.17, 15) is 24.3 Å². The van der Waals surface area contributed by atoms with Crippen LogP contribution in [0.2, 0.25) is 0 Å². The number of esters is 1. The molecule has 3 rings (SSSR count). The molecule has 7 heteroatoms. The van der Waals surface area contributed by atoms with Crippen LogP contribution in [0.4, 0.5) is 0 Å². The number of rotatable bonds is 6. The Morgan fingerprint density at radius 1 is 1.14 bits per heavy atom. The van der Waals surface area contributed by atoms with Crippen molar-refractivity contribution in [3.8, 4) is 0 Å². The maximum atomic E-state index is 12.9. The molecule has 0 aliphatic heterocycles. The molecule has 3 aliphatic carbocycles. The Morgan fingerprint density at radius 2 is 1.83 bits per heavy atom. The van der Waals surface area contributed by atoms with Crippen molar-refractivity contribution >= 4 is 23.4 Å². The van der Waals surface area contributed by atoms with E-state index in [2.05, 4.69) is 17.0 Å². The Hall–Kier alpha value is -1.76. The number of hydrogen-bond acceptors (Lipinski definition) is 6. The minimum Gasteiger partial charge on any atom is -0.467 e. The number of aliphatic hydroxyl groups is 1. The number of ketones is 2. The molecule has 6 unspecified atom stereocenters. The van der Waals surface area contributed by atoms with Crippen LogP contribution >= 0.6 is 0 Å². The van der Waals surface area contributed by atoms with Crippen LogP contribution in [0.15, 0.2) is 0 Å². The lowest BCUT2D eigenvalue weighted by atomic mass is 9.49. The van der Waals surface area contributed by atoms with Gasteiger partial charge in [0, 0.05) is 30.1 Å². The fourth-order valence-electron chi connectivity index (χ4n) is 6.33. The molecule has 162 valence electrons. The molecule has 3 aliphatic rings. The van der Waals surface area contributed by atoms with Crippen molar-refractivity contribution in [3.63, 3.8) is 0 Å². The highest BCUT2D eigenvalue weighted by atomic mass is 16.5. The van der Waals surface area contributed by atoms with Gasteiger partial charge in [-0.05, 0) is 49.9 Å². The van der Waals surface area contributed by atoms with E-state index in [0.29, 0.717) is 36.9 Å².